The first-order chi connectivity index (χ1) is 9.32. The number of aliphatic carboxylic acids is 1. The lowest BCUT2D eigenvalue weighted by Gasteiger charge is -2.39. The van der Waals surface area contributed by atoms with Gasteiger partial charge in [-0.15, -0.1) is 0 Å². The average Bonchev–Trinajstić information content (AvgIpc) is 2.38. The van der Waals surface area contributed by atoms with Gasteiger partial charge in [0.1, 0.15) is 0 Å². The van der Waals surface area contributed by atoms with Gasteiger partial charge in [-0.3, -0.25) is 4.79 Å². The van der Waals surface area contributed by atoms with Crippen molar-refractivity contribution in [2.75, 3.05) is 13.2 Å². The lowest BCUT2D eigenvalue weighted by molar-refractivity contribution is -0.143. The summed E-state index contributed by atoms with van der Waals surface area (Å²) in [6.45, 7) is 4.29. The molecule has 0 aromatic heterocycles. The van der Waals surface area contributed by atoms with Crippen molar-refractivity contribution in [1.82, 2.24) is 4.31 Å². The summed E-state index contributed by atoms with van der Waals surface area (Å²) in [6.07, 6.45) is 2.08. The molecule has 6 nitrogen and oxygen atoms in total. The number of carbonyl (C=O) groups is 1. The first-order valence-corrected chi connectivity index (χ1v) is 8.67. The summed E-state index contributed by atoms with van der Waals surface area (Å²) in [5, 5.41) is 8.68. The number of carboxylic acids is 1. The van der Waals surface area contributed by atoms with Crippen LogP contribution in [0, 0.1) is 5.92 Å². The number of nitrogens with zero attached hydrogens (tertiary/aromatic N) is 1. The first-order valence-electron chi connectivity index (χ1n) is 7.17. The van der Waals surface area contributed by atoms with Gasteiger partial charge in [0, 0.05) is 19.2 Å². The summed E-state index contributed by atoms with van der Waals surface area (Å²) in [5.41, 5.74) is 0. The van der Waals surface area contributed by atoms with Crippen LogP contribution in [0.25, 0.3) is 0 Å². The number of ether oxygens (including phenoxy) is 1. The highest BCUT2D eigenvalue weighted by atomic mass is 32.2. The van der Waals surface area contributed by atoms with Gasteiger partial charge in [-0.25, -0.2) is 8.42 Å². The Kier molecular flexibility index (Phi) is 4.71. The molecule has 2 aliphatic heterocycles. The lowest BCUT2D eigenvalue weighted by atomic mass is 9.96. The minimum absolute atomic E-state index is 0.0566. The Morgan fingerprint density at radius 3 is 2.55 bits per heavy atom. The maximum absolute atomic E-state index is 12.7. The number of rotatable bonds is 3. The third kappa shape index (κ3) is 3.15. The average molecular weight is 305 g/mol. The molecule has 0 radical (unpaired) electrons. The van der Waals surface area contributed by atoms with E-state index in [9.17, 15) is 13.2 Å². The molecule has 2 rings (SSSR count). The largest absolute Gasteiger partial charge is 0.481 e. The molecule has 116 valence electrons. The van der Waals surface area contributed by atoms with Crippen LogP contribution in [-0.4, -0.2) is 54.3 Å². The molecule has 0 spiro atoms. The van der Waals surface area contributed by atoms with Gasteiger partial charge in [-0.05, 0) is 39.5 Å². The van der Waals surface area contributed by atoms with Crippen LogP contribution in [-0.2, 0) is 19.6 Å². The zero-order chi connectivity index (χ0) is 14.9. The van der Waals surface area contributed by atoms with Crippen LogP contribution < -0.4 is 0 Å². The molecular formula is C13H23NO5S. The molecule has 2 heterocycles. The summed E-state index contributed by atoms with van der Waals surface area (Å²) < 4.78 is 32.3. The summed E-state index contributed by atoms with van der Waals surface area (Å²) in [4.78, 5) is 11.1. The fourth-order valence-corrected chi connectivity index (χ4v) is 5.34. The van der Waals surface area contributed by atoms with E-state index in [0.29, 0.717) is 32.3 Å². The molecule has 0 aromatic rings. The van der Waals surface area contributed by atoms with Gasteiger partial charge in [0.2, 0.25) is 10.0 Å². The summed E-state index contributed by atoms with van der Waals surface area (Å²) >= 11 is 0. The fourth-order valence-electron chi connectivity index (χ4n) is 3.05. The second kappa shape index (κ2) is 5.99. The second-order valence-electron chi connectivity index (χ2n) is 5.90. The molecule has 2 aliphatic rings. The standard InChI is InChI=1S/C13H23NO5S/c1-9-3-4-11(13(15)16)8-14(9)20(17,18)12-5-6-19-10(2)7-12/h9-12H,3-8H2,1-2H3,(H,15,16). The molecule has 4 atom stereocenters. The van der Waals surface area contributed by atoms with Crippen LogP contribution in [0.5, 0.6) is 0 Å². The topological polar surface area (TPSA) is 83.9 Å². The Morgan fingerprint density at radius 2 is 1.95 bits per heavy atom. The fraction of sp³-hybridized carbons (Fsp3) is 0.923. The van der Waals surface area contributed by atoms with Crippen molar-refractivity contribution in [1.29, 1.82) is 0 Å². The highest BCUT2D eigenvalue weighted by Crippen LogP contribution is 2.30. The molecular weight excluding hydrogens is 282 g/mol. The van der Waals surface area contributed by atoms with Gasteiger partial charge in [0.15, 0.2) is 0 Å². The normalized spacial score (nSPS) is 36.7. The van der Waals surface area contributed by atoms with Crippen molar-refractivity contribution in [2.45, 2.75) is 56.9 Å². The molecule has 2 fully saturated rings. The smallest absolute Gasteiger partial charge is 0.307 e. The maximum Gasteiger partial charge on any atom is 0.307 e. The monoisotopic (exact) mass is 305 g/mol. The zero-order valence-electron chi connectivity index (χ0n) is 12.0. The van der Waals surface area contributed by atoms with Gasteiger partial charge in [0.05, 0.1) is 17.3 Å². The van der Waals surface area contributed by atoms with Crippen LogP contribution in [0.2, 0.25) is 0 Å². The molecule has 0 saturated carbocycles. The number of piperidine rings is 1. The van der Waals surface area contributed by atoms with E-state index in [1.807, 2.05) is 13.8 Å². The Hall–Kier alpha value is -0.660. The van der Waals surface area contributed by atoms with Gasteiger partial charge in [-0.1, -0.05) is 0 Å². The predicted octanol–water partition coefficient (Wildman–Crippen LogP) is 1.07. The van der Waals surface area contributed by atoms with Crippen molar-refractivity contribution in [3.63, 3.8) is 0 Å². The van der Waals surface area contributed by atoms with Crippen LogP contribution >= 0.6 is 0 Å². The summed E-state index contributed by atoms with van der Waals surface area (Å²) in [5.74, 6) is -1.49. The second-order valence-corrected chi connectivity index (χ2v) is 8.07. The van der Waals surface area contributed by atoms with Gasteiger partial charge < -0.3 is 9.84 Å². The van der Waals surface area contributed by atoms with Crippen molar-refractivity contribution in [3.05, 3.63) is 0 Å². The van der Waals surface area contributed by atoms with E-state index in [1.165, 1.54) is 4.31 Å². The molecule has 0 aromatic carbocycles. The van der Waals surface area contributed by atoms with Gasteiger partial charge >= 0.3 is 5.97 Å². The Bertz CT molecular complexity index is 463. The van der Waals surface area contributed by atoms with Crippen molar-refractivity contribution in [3.8, 4) is 0 Å². The van der Waals surface area contributed by atoms with E-state index in [0.717, 1.165) is 0 Å². The quantitative estimate of drug-likeness (QED) is 0.843. The van der Waals surface area contributed by atoms with Crippen LogP contribution in [0.3, 0.4) is 0 Å². The molecule has 1 N–H and O–H groups in total. The molecule has 7 heteroatoms. The number of hydrogen-bond acceptors (Lipinski definition) is 4. The van der Waals surface area contributed by atoms with E-state index in [-0.39, 0.29) is 18.7 Å². The van der Waals surface area contributed by atoms with E-state index in [1.54, 1.807) is 0 Å². The number of hydrogen-bond donors (Lipinski definition) is 1. The van der Waals surface area contributed by atoms with E-state index >= 15 is 0 Å². The first kappa shape index (κ1) is 15.7. The highest BCUT2D eigenvalue weighted by Gasteiger charge is 2.41. The summed E-state index contributed by atoms with van der Waals surface area (Å²) in [7, 11) is -3.44. The third-order valence-electron chi connectivity index (χ3n) is 4.36. The lowest BCUT2D eigenvalue weighted by Crippen LogP contribution is -2.51. The molecule has 2 saturated heterocycles. The van der Waals surface area contributed by atoms with Gasteiger partial charge in [-0.2, -0.15) is 4.31 Å². The minimum Gasteiger partial charge on any atom is -0.481 e. The maximum atomic E-state index is 12.7. The Morgan fingerprint density at radius 1 is 1.25 bits per heavy atom. The van der Waals surface area contributed by atoms with Crippen molar-refractivity contribution >= 4 is 16.0 Å². The number of carboxylic acid groups (broad SMARTS) is 1. The van der Waals surface area contributed by atoms with Gasteiger partial charge in [0.25, 0.3) is 0 Å². The highest BCUT2D eigenvalue weighted by molar-refractivity contribution is 7.89. The number of sulfonamides is 1. The van der Waals surface area contributed by atoms with Crippen molar-refractivity contribution in [2.24, 2.45) is 5.92 Å². The minimum atomic E-state index is -3.44. The van der Waals surface area contributed by atoms with Crippen LogP contribution in [0.15, 0.2) is 0 Å². The zero-order valence-corrected chi connectivity index (χ0v) is 12.8. The Balaban J connectivity index is 2.16. The van der Waals surface area contributed by atoms with E-state index in [4.69, 9.17) is 9.84 Å². The molecule has 0 aliphatic carbocycles. The van der Waals surface area contributed by atoms with Crippen LogP contribution in [0.1, 0.15) is 39.5 Å². The molecule has 4 unspecified atom stereocenters. The summed E-state index contributed by atoms with van der Waals surface area (Å²) in [6, 6.07) is -0.117. The SMILES string of the molecule is CC1CC(S(=O)(=O)N2CC(C(=O)O)CCC2C)CCO1. The Labute approximate surface area is 120 Å². The van der Waals surface area contributed by atoms with Crippen LogP contribution in [0.4, 0.5) is 0 Å². The molecule has 0 amide bonds. The van der Waals surface area contributed by atoms with E-state index in [2.05, 4.69) is 0 Å². The third-order valence-corrected chi connectivity index (χ3v) is 6.79. The van der Waals surface area contributed by atoms with E-state index < -0.39 is 27.2 Å². The predicted molar refractivity (Wildman–Crippen MR) is 73.9 cm³/mol. The molecule has 0 bridgehead atoms. The molecule has 20 heavy (non-hydrogen) atoms. The van der Waals surface area contributed by atoms with Crippen molar-refractivity contribution < 1.29 is 23.1 Å².